The van der Waals surface area contributed by atoms with Crippen molar-refractivity contribution in [3.05, 3.63) is 53.0 Å². The maximum Gasteiger partial charge on any atom is 0.243 e. The highest BCUT2D eigenvalue weighted by molar-refractivity contribution is 9.10. The molecule has 0 radical (unpaired) electrons. The summed E-state index contributed by atoms with van der Waals surface area (Å²) in [5.41, 5.74) is 0.680. The molecule has 2 aromatic carbocycles. The van der Waals surface area contributed by atoms with E-state index >= 15 is 0 Å². The van der Waals surface area contributed by atoms with Crippen molar-refractivity contribution in [2.24, 2.45) is 5.92 Å². The number of benzene rings is 2. The lowest BCUT2D eigenvalue weighted by atomic mass is 9.99. The lowest BCUT2D eigenvalue weighted by Gasteiger charge is -2.31. The van der Waals surface area contributed by atoms with Crippen LogP contribution in [-0.4, -0.2) is 38.3 Å². The van der Waals surface area contributed by atoms with E-state index in [1.165, 1.54) is 4.31 Å². The molecule has 0 saturated carbocycles. The Morgan fingerprint density at radius 1 is 1.21 bits per heavy atom. The third-order valence-electron chi connectivity index (χ3n) is 4.66. The summed E-state index contributed by atoms with van der Waals surface area (Å²) in [6.45, 7) is 2.98. The largest absolute Gasteiger partial charge is 0.494 e. The van der Waals surface area contributed by atoms with Gasteiger partial charge in [0.2, 0.25) is 15.9 Å². The molecule has 1 fully saturated rings. The Morgan fingerprint density at radius 3 is 2.61 bits per heavy atom. The second-order valence-corrected chi connectivity index (χ2v) is 9.37. The molecule has 0 bridgehead atoms. The highest BCUT2D eigenvalue weighted by atomic mass is 79.9. The van der Waals surface area contributed by atoms with Gasteiger partial charge in [0.1, 0.15) is 5.75 Å². The number of carbonyl (C=O) groups is 1. The fourth-order valence-corrected chi connectivity index (χ4v) is 5.10. The van der Waals surface area contributed by atoms with E-state index in [2.05, 4.69) is 21.2 Å². The van der Waals surface area contributed by atoms with Gasteiger partial charge in [-0.15, -0.1) is 0 Å². The van der Waals surface area contributed by atoms with Crippen LogP contribution in [0.15, 0.2) is 57.9 Å². The Bertz CT molecular complexity index is 931. The summed E-state index contributed by atoms with van der Waals surface area (Å²) in [5.74, 6) is 0.0719. The average Bonchev–Trinajstić information content (AvgIpc) is 2.70. The van der Waals surface area contributed by atoms with Crippen molar-refractivity contribution in [2.45, 2.75) is 24.7 Å². The number of hydrogen-bond acceptors (Lipinski definition) is 4. The molecule has 8 heteroatoms. The number of anilines is 1. The smallest absolute Gasteiger partial charge is 0.243 e. The van der Waals surface area contributed by atoms with Crippen LogP contribution in [0.25, 0.3) is 0 Å². The first-order valence-corrected chi connectivity index (χ1v) is 11.4. The van der Waals surface area contributed by atoms with Crippen molar-refractivity contribution in [1.82, 2.24) is 4.31 Å². The minimum atomic E-state index is -3.65. The molecular formula is C20H23BrN2O4S. The van der Waals surface area contributed by atoms with Gasteiger partial charge in [-0.1, -0.05) is 12.1 Å². The molecule has 1 N–H and O–H groups in total. The zero-order valence-corrected chi connectivity index (χ0v) is 18.0. The van der Waals surface area contributed by atoms with Crippen molar-refractivity contribution < 1.29 is 17.9 Å². The summed E-state index contributed by atoms with van der Waals surface area (Å²) >= 11 is 3.41. The third-order valence-corrected chi connectivity index (χ3v) is 7.23. The van der Waals surface area contributed by atoms with Crippen molar-refractivity contribution in [3.63, 3.8) is 0 Å². The van der Waals surface area contributed by atoms with Crippen LogP contribution in [0.2, 0.25) is 0 Å². The van der Waals surface area contributed by atoms with Crippen molar-refractivity contribution in [1.29, 1.82) is 0 Å². The molecule has 3 rings (SSSR count). The second kappa shape index (κ2) is 9.07. The Kier molecular flexibility index (Phi) is 6.74. The van der Waals surface area contributed by atoms with Gasteiger partial charge in [-0.3, -0.25) is 4.79 Å². The standard InChI is InChI=1S/C20H23BrN2O4S/c1-2-27-16-9-11-17(12-10-16)28(25,26)23-13-5-6-15(14-23)20(24)22-19-8-4-3-7-18(19)21/h3-4,7-12,15H,2,5-6,13-14H2,1H3,(H,22,24)/t15-/m1/s1. The van der Waals surface area contributed by atoms with Crippen LogP contribution in [-0.2, 0) is 14.8 Å². The van der Waals surface area contributed by atoms with Crippen molar-refractivity contribution >= 4 is 37.5 Å². The van der Waals surface area contributed by atoms with E-state index in [1.54, 1.807) is 30.3 Å². The Balaban J connectivity index is 1.71. The van der Waals surface area contributed by atoms with Gasteiger partial charge in [-0.25, -0.2) is 8.42 Å². The summed E-state index contributed by atoms with van der Waals surface area (Å²) in [7, 11) is -3.65. The van der Waals surface area contributed by atoms with Crippen LogP contribution in [0.3, 0.4) is 0 Å². The molecule has 0 aromatic heterocycles. The summed E-state index contributed by atoms with van der Waals surface area (Å²) in [6, 6.07) is 13.7. The molecule has 28 heavy (non-hydrogen) atoms. The summed E-state index contributed by atoms with van der Waals surface area (Å²) in [4.78, 5) is 12.9. The lowest BCUT2D eigenvalue weighted by Crippen LogP contribution is -2.43. The SMILES string of the molecule is CCOc1ccc(S(=O)(=O)N2CCC[C@@H](C(=O)Nc3ccccc3Br)C2)cc1. The van der Waals surface area contributed by atoms with Crippen LogP contribution >= 0.6 is 15.9 Å². The quantitative estimate of drug-likeness (QED) is 0.700. The van der Waals surface area contributed by atoms with Gasteiger partial charge in [-0.05, 0) is 72.1 Å². The van der Waals surface area contributed by atoms with Gasteiger partial charge in [0, 0.05) is 17.6 Å². The van der Waals surface area contributed by atoms with E-state index in [1.807, 2.05) is 25.1 Å². The maximum absolute atomic E-state index is 13.0. The predicted octanol–water partition coefficient (Wildman–Crippen LogP) is 3.89. The summed E-state index contributed by atoms with van der Waals surface area (Å²) in [5, 5.41) is 2.89. The molecule has 0 aliphatic carbocycles. The molecular weight excluding hydrogens is 444 g/mol. The number of sulfonamides is 1. The number of piperidine rings is 1. The zero-order chi connectivity index (χ0) is 20.1. The van der Waals surface area contributed by atoms with Crippen LogP contribution in [0.4, 0.5) is 5.69 Å². The highest BCUT2D eigenvalue weighted by Crippen LogP contribution is 2.27. The number of carbonyl (C=O) groups excluding carboxylic acids is 1. The first-order valence-electron chi connectivity index (χ1n) is 9.20. The normalized spacial score (nSPS) is 17.9. The van der Waals surface area contributed by atoms with Gasteiger partial charge >= 0.3 is 0 Å². The molecule has 2 aromatic rings. The fourth-order valence-electron chi connectivity index (χ4n) is 3.20. The van der Waals surface area contributed by atoms with Crippen molar-refractivity contribution in [3.8, 4) is 5.75 Å². The van der Waals surface area contributed by atoms with Crippen LogP contribution < -0.4 is 10.1 Å². The minimum Gasteiger partial charge on any atom is -0.494 e. The highest BCUT2D eigenvalue weighted by Gasteiger charge is 2.33. The number of amides is 1. The van der Waals surface area contributed by atoms with Gasteiger partial charge in [-0.2, -0.15) is 4.31 Å². The number of halogens is 1. The number of para-hydroxylation sites is 1. The van der Waals surface area contributed by atoms with Gasteiger partial charge in [0.05, 0.1) is 23.1 Å². The first kappa shape index (κ1) is 20.8. The first-order chi connectivity index (χ1) is 13.4. The summed E-state index contributed by atoms with van der Waals surface area (Å²) < 4.78 is 33.5. The van der Waals surface area contributed by atoms with E-state index < -0.39 is 15.9 Å². The van der Waals surface area contributed by atoms with E-state index in [0.29, 0.717) is 37.4 Å². The molecule has 1 amide bonds. The Labute approximate surface area is 174 Å². The molecule has 1 aliphatic rings. The molecule has 150 valence electrons. The number of ether oxygens (including phenoxy) is 1. The molecule has 1 saturated heterocycles. The van der Waals surface area contributed by atoms with Gasteiger partial charge in [0.15, 0.2) is 0 Å². The zero-order valence-electron chi connectivity index (χ0n) is 15.6. The Hall–Kier alpha value is -1.90. The average molecular weight is 467 g/mol. The molecule has 0 unspecified atom stereocenters. The topological polar surface area (TPSA) is 75.7 Å². The maximum atomic E-state index is 13.0. The summed E-state index contributed by atoms with van der Waals surface area (Å²) in [6.07, 6.45) is 1.30. The minimum absolute atomic E-state index is 0.168. The van der Waals surface area contributed by atoms with E-state index in [0.717, 1.165) is 4.47 Å². The predicted molar refractivity (Wildman–Crippen MR) is 112 cm³/mol. The van der Waals surface area contributed by atoms with E-state index in [4.69, 9.17) is 4.74 Å². The molecule has 1 aliphatic heterocycles. The van der Waals surface area contributed by atoms with Gasteiger partial charge < -0.3 is 10.1 Å². The Morgan fingerprint density at radius 2 is 1.93 bits per heavy atom. The number of nitrogens with one attached hydrogen (secondary N) is 1. The van der Waals surface area contributed by atoms with Crippen LogP contribution in [0.5, 0.6) is 5.75 Å². The second-order valence-electron chi connectivity index (χ2n) is 6.58. The molecule has 1 heterocycles. The van der Waals surface area contributed by atoms with Crippen LogP contribution in [0, 0.1) is 5.92 Å². The van der Waals surface area contributed by atoms with Gasteiger partial charge in [0.25, 0.3) is 0 Å². The monoisotopic (exact) mass is 466 g/mol. The van der Waals surface area contributed by atoms with E-state index in [9.17, 15) is 13.2 Å². The fraction of sp³-hybridized carbons (Fsp3) is 0.350. The van der Waals surface area contributed by atoms with E-state index in [-0.39, 0.29) is 17.3 Å². The molecule has 6 nitrogen and oxygen atoms in total. The number of rotatable bonds is 6. The van der Waals surface area contributed by atoms with Crippen LogP contribution in [0.1, 0.15) is 19.8 Å². The molecule has 0 spiro atoms. The van der Waals surface area contributed by atoms with Crippen molar-refractivity contribution in [2.75, 3.05) is 25.0 Å². The third kappa shape index (κ3) is 4.74. The lowest BCUT2D eigenvalue weighted by molar-refractivity contribution is -0.120. The number of nitrogens with zero attached hydrogens (tertiary/aromatic N) is 1. The number of hydrogen-bond donors (Lipinski definition) is 1. The molecule has 1 atom stereocenters.